The summed E-state index contributed by atoms with van der Waals surface area (Å²) >= 11 is 0. The maximum absolute atomic E-state index is 12.3. The summed E-state index contributed by atoms with van der Waals surface area (Å²) in [4.78, 5) is 12.3. The highest BCUT2D eigenvalue weighted by Gasteiger charge is 2.16. The summed E-state index contributed by atoms with van der Waals surface area (Å²) < 4.78 is 1.95. The molecule has 0 fully saturated rings. The second kappa shape index (κ2) is 8.20. The minimum Gasteiger partial charge on any atom is -0.328 e. The maximum Gasteiger partial charge on any atom is 0.141 e. The van der Waals surface area contributed by atoms with Gasteiger partial charge < -0.3 is 5.73 Å². The zero-order valence-corrected chi connectivity index (χ0v) is 13.4. The third-order valence-electron chi connectivity index (χ3n) is 3.78. The van der Waals surface area contributed by atoms with Crippen LogP contribution in [0.5, 0.6) is 0 Å². The summed E-state index contributed by atoms with van der Waals surface area (Å²) in [6.07, 6.45) is 4.36. The van der Waals surface area contributed by atoms with Gasteiger partial charge in [0.2, 0.25) is 0 Å². The lowest BCUT2D eigenvalue weighted by Crippen LogP contribution is -2.18. The molecule has 1 heterocycles. The number of aromatic nitrogens is 2. The van der Waals surface area contributed by atoms with Gasteiger partial charge in [0, 0.05) is 30.6 Å². The average Bonchev–Trinajstić information content (AvgIpc) is 2.80. The van der Waals surface area contributed by atoms with Gasteiger partial charge in [-0.1, -0.05) is 20.3 Å². The van der Waals surface area contributed by atoms with E-state index in [1.165, 1.54) is 0 Å². The van der Waals surface area contributed by atoms with Crippen molar-refractivity contribution in [3.05, 3.63) is 17.5 Å². The Bertz CT molecular complexity index is 423. The molecule has 1 rings (SSSR count). The number of rotatable bonds is 9. The lowest BCUT2D eigenvalue weighted by molar-refractivity contribution is -0.122. The predicted octanol–water partition coefficient (Wildman–Crippen LogP) is 2.73. The number of carbonyl (C=O) groups is 1. The van der Waals surface area contributed by atoms with Gasteiger partial charge in [-0.05, 0) is 39.2 Å². The second-order valence-electron chi connectivity index (χ2n) is 5.75. The first-order valence-corrected chi connectivity index (χ1v) is 7.81. The molecule has 2 N–H and O–H groups in total. The smallest absolute Gasteiger partial charge is 0.141 e. The van der Waals surface area contributed by atoms with Gasteiger partial charge in [0.05, 0.1) is 5.69 Å². The monoisotopic (exact) mass is 279 g/mol. The van der Waals surface area contributed by atoms with Gasteiger partial charge in [-0.3, -0.25) is 9.48 Å². The summed E-state index contributed by atoms with van der Waals surface area (Å²) in [5, 5.41) is 4.49. The third kappa shape index (κ3) is 5.08. The molecule has 1 aromatic heterocycles. The lowest BCUT2D eigenvalue weighted by Gasteiger charge is -2.12. The Labute approximate surface area is 122 Å². The van der Waals surface area contributed by atoms with E-state index < -0.39 is 0 Å². The summed E-state index contributed by atoms with van der Waals surface area (Å²) in [6.45, 7) is 9.01. The van der Waals surface area contributed by atoms with Crippen molar-refractivity contribution >= 4 is 5.78 Å². The first-order valence-electron chi connectivity index (χ1n) is 7.81. The highest BCUT2D eigenvalue weighted by atomic mass is 16.1. The molecule has 0 radical (unpaired) electrons. The number of Topliss-reactive ketones (excluding diaryl/α,β-unsaturated/α-hetero) is 1. The van der Waals surface area contributed by atoms with Gasteiger partial charge in [-0.15, -0.1) is 0 Å². The number of carbonyl (C=O) groups excluding carboxylic acids is 1. The summed E-state index contributed by atoms with van der Waals surface area (Å²) in [5.41, 5.74) is 7.86. The van der Waals surface area contributed by atoms with Crippen LogP contribution in [0.4, 0.5) is 0 Å². The van der Waals surface area contributed by atoms with Crippen molar-refractivity contribution in [2.24, 2.45) is 11.7 Å². The molecule has 0 aliphatic carbocycles. The first-order chi connectivity index (χ1) is 9.47. The Balaban J connectivity index is 2.54. The Morgan fingerprint density at radius 3 is 2.60 bits per heavy atom. The van der Waals surface area contributed by atoms with Crippen LogP contribution in [0.3, 0.4) is 0 Å². The van der Waals surface area contributed by atoms with Crippen LogP contribution >= 0.6 is 0 Å². The minimum atomic E-state index is 0.110. The van der Waals surface area contributed by atoms with Crippen LogP contribution in [-0.4, -0.2) is 21.6 Å². The van der Waals surface area contributed by atoms with Gasteiger partial charge in [0.1, 0.15) is 5.78 Å². The number of ketones is 1. The number of aryl methyl sites for hydroxylation is 2. The topological polar surface area (TPSA) is 60.9 Å². The molecule has 4 heteroatoms. The molecule has 0 saturated heterocycles. The second-order valence-corrected chi connectivity index (χ2v) is 5.75. The van der Waals surface area contributed by atoms with Gasteiger partial charge >= 0.3 is 0 Å². The van der Waals surface area contributed by atoms with Crippen molar-refractivity contribution in [1.29, 1.82) is 0 Å². The Morgan fingerprint density at radius 1 is 1.35 bits per heavy atom. The van der Waals surface area contributed by atoms with Crippen LogP contribution in [0.2, 0.25) is 0 Å². The molecule has 0 bridgehead atoms. The molecule has 0 saturated carbocycles. The molecule has 4 nitrogen and oxygen atoms in total. The van der Waals surface area contributed by atoms with E-state index in [1.807, 2.05) is 18.5 Å². The normalized spacial score (nSPS) is 14.2. The summed E-state index contributed by atoms with van der Waals surface area (Å²) in [5.74, 6) is 0.422. The van der Waals surface area contributed by atoms with E-state index in [0.717, 1.165) is 43.6 Å². The van der Waals surface area contributed by atoms with Gasteiger partial charge in [-0.2, -0.15) is 5.10 Å². The van der Waals surface area contributed by atoms with Crippen LogP contribution in [0.25, 0.3) is 0 Å². The SMILES string of the molecule is CCc1cc(CC(=O)C(C)CCCC(C)N)n(CC)n1. The third-order valence-corrected chi connectivity index (χ3v) is 3.78. The van der Waals surface area contributed by atoms with Crippen molar-refractivity contribution in [1.82, 2.24) is 9.78 Å². The molecule has 2 unspecified atom stereocenters. The van der Waals surface area contributed by atoms with Crippen LogP contribution in [0.1, 0.15) is 58.3 Å². The average molecular weight is 279 g/mol. The van der Waals surface area contributed by atoms with Crippen LogP contribution in [0.15, 0.2) is 6.07 Å². The molecule has 0 aliphatic rings. The highest BCUT2D eigenvalue weighted by Crippen LogP contribution is 2.14. The van der Waals surface area contributed by atoms with Crippen molar-refractivity contribution in [2.45, 2.75) is 72.4 Å². The summed E-state index contributed by atoms with van der Waals surface area (Å²) in [7, 11) is 0. The van der Waals surface area contributed by atoms with E-state index in [2.05, 4.69) is 25.0 Å². The highest BCUT2D eigenvalue weighted by molar-refractivity contribution is 5.82. The van der Waals surface area contributed by atoms with Crippen LogP contribution in [-0.2, 0) is 24.2 Å². The molecule has 0 aliphatic heterocycles. The zero-order valence-electron chi connectivity index (χ0n) is 13.4. The zero-order chi connectivity index (χ0) is 15.1. The molecule has 1 aromatic rings. The molecular weight excluding hydrogens is 250 g/mol. The fourth-order valence-corrected chi connectivity index (χ4v) is 2.36. The van der Waals surface area contributed by atoms with E-state index >= 15 is 0 Å². The van der Waals surface area contributed by atoms with E-state index in [4.69, 9.17) is 5.73 Å². The molecule has 0 aromatic carbocycles. The molecule has 2 atom stereocenters. The van der Waals surface area contributed by atoms with Crippen molar-refractivity contribution < 1.29 is 4.79 Å². The van der Waals surface area contributed by atoms with Crippen molar-refractivity contribution in [3.63, 3.8) is 0 Å². The van der Waals surface area contributed by atoms with Gasteiger partial charge in [0.25, 0.3) is 0 Å². The molecule has 20 heavy (non-hydrogen) atoms. The van der Waals surface area contributed by atoms with E-state index in [9.17, 15) is 4.79 Å². The standard InChI is InChI=1S/C16H29N3O/c1-5-14-10-15(19(6-2)18-14)11-16(20)12(3)8-7-9-13(4)17/h10,12-13H,5-9,11,17H2,1-4H3. The van der Waals surface area contributed by atoms with E-state index in [-0.39, 0.29) is 12.0 Å². The number of nitrogens with two attached hydrogens (primary N) is 1. The van der Waals surface area contributed by atoms with Crippen molar-refractivity contribution in [2.75, 3.05) is 0 Å². The van der Waals surface area contributed by atoms with Gasteiger partial charge in [-0.25, -0.2) is 0 Å². The van der Waals surface area contributed by atoms with E-state index in [0.29, 0.717) is 12.2 Å². The first kappa shape index (κ1) is 16.9. The molecule has 0 spiro atoms. The maximum atomic E-state index is 12.3. The fourth-order valence-electron chi connectivity index (χ4n) is 2.36. The summed E-state index contributed by atoms with van der Waals surface area (Å²) in [6, 6.07) is 2.29. The Hall–Kier alpha value is -1.16. The molecule has 0 amide bonds. The van der Waals surface area contributed by atoms with Gasteiger partial charge in [0.15, 0.2) is 0 Å². The Kier molecular flexibility index (Phi) is 6.93. The lowest BCUT2D eigenvalue weighted by atomic mass is 9.95. The number of hydrogen-bond donors (Lipinski definition) is 1. The quantitative estimate of drug-likeness (QED) is 0.756. The minimum absolute atomic E-state index is 0.110. The van der Waals surface area contributed by atoms with Crippen LogP contribution < -0.4 is 5.73 Å². The predicted molar refractivity (Wildman–Crippen MR) is 82.7 cm³/mol. The largest absolute Gasteiger partial charge is 0.328 e. The van der Waals surface area contributed by atoms with E-state index in [1.54, 1.807) is 0 Å². The number of nitrogens with zero attached hydrogens (tertiary/aromatic N) is 2. The number of hydrogen-bond acceptors (Lipinski definition) is 3. The van der Waals surface area contributed by atoms with Crippen LogP contribution in [0, 0.1) is 5.92 Å². The fraction of sp³-hybridized carbons (Fsp3) is 0.750. The Morgan fingerprint density at radius 2 is 2.05 bits per heavy atom. The van der Waals surface area contributed by atoms with Crippen molar-refractivity contribution in [3.8, 4) is 0 Å². The molecular formula is C16H29N3O. The molecule has 114 valence electrons.